The molecule has 6 atom stereocenters. The lowest BCUT2D eigenvalue weighted by Gasteiger charge is -2.39. The summed E-state index contributed by atoms with van der Waals surface area (Å²) in [5, 5.41) is 18.0. The monoisotopic (exact) mass is 1630 g/mol. The van der Waals surface area contributed by atoms with Crippen LogP contribution in [0.3, 0.4) is 0 Å². The van der Waals surface area contributed by atoms with Crippen molar-refractivity contribution in [3.63, 3.8) is 0 Å². The molecule has 24 nitrogen and oxygen atoms in total. The first-order valence-electron chi connectivity index (χ1n) is 33.5. The molecular formula is C72H81Cl3F5N15O9S4. The zero-order valence-electron chi connectivity index (χ0n) is 57.6. The van der Waals surface area contributed by atoms with E-state index in [1.165, 1.54) is 98.0 Å². The molecule has 9 aliphatic rings. The van der Waals surface area contributed by atoms with Gasteiger partial charge in [0.2, 0.25) is 17.7 Å². The maximum Gasteiger partial charge on any atom is 0.338 e. The second kappa shape index (κ2) is 37.9. The number of piperazine rings is 3. The quantitative estimate of drug-likeness (QED) is 0.0490. The van der Waals surface area contributed by atoms with Crippen LogP contribution in [0.5, 0.6) is 0 Å². The molecule has 0 spiro atoms. The molecule has 12 heterocycles. The van der Waals surface area contributed by atoms with Gasteiger partial charge in [-0.15, -0.1) is 34.0 Å². The predicted octanol–water partition coefficient (Wildman–Crippen LogP) is 10.9. The van der Waals surface area contributed by atoms with Gasteiger partial charge in [0.15, 0.2) is 32.5 Å². The average Bonchev–Trinajstić information content (AvgIpc) is 1.14. The number of aliphatic imine (C=N–C) groups is 3. The molecule has 0 saturated carbocycles. The Balaban J connectivity index is 0.000000181. The summed E-state index contributed by atoms with van der Waals surface area (Å²) in [7, 11) is 3.96. The summed E-state index contributed by atoms with van der Waals surface area (Å²) >= 11 is 23.7. The Morgan fingerprint density at radius 1 is 0.491 bits per heavy atom. The minimum atomic E-state index is -0.787. The summed E-state index contributed by atoms with van der Waals surface area (Å²) in [5.41, 5.74) is 4.37. The third-order valence-electron chi connectivity index (χ3n) is 19.2. The first-order valence-corrected chi connectivity index (χ1v) is 38.4. The molecule has 15 rings (SSSR count). The number of carbonyl (C=O) groups is 6. The van der Waals surface area contributed by atoms with Crippen molar-refractivity contribution >= 4 is 134 Å². The van der Waals surface area contributed by atoms with Crippen LogP contribution in [0, 0.1) is 17.5 Å². The number of amides is 3. The van der Waals surface area contributed by atoms with Crippen LogP contribution in [0.4, 0.5) is 21.8 Å². The zero-order chi connectivity index (χ0) is 74.2. The summed E-state index contributed by atoms with van der Waals surface area (Å²) in [5.74, 6) is -0.872. The van der Waals surface area contributed by atoms with Gasteiger partial charge in [0.25, 0.3) is 0 Å². The van der Waals surface area contributed by atoms with Crippen LogP contribution in [0.1, 0.15) is 103 Å². The van der Waals surface area contributed by atoms with Crippen LogP contribution in [0.15, 0.2) is 138 Å². The Bertz CT molecular complexity index is 4030. The van der Waals surface area contributed by atoms with Gasteiger partial charge < -0.3 is 44.9 Å². The van der Waals surface area contributed by atoms with Gasteiger partial charge in [0.05, 0.1) is 38.0 Å². The van der Waals surface area contributed by atoms with Crippen molar-refractivity contribution in [1.29, 1.82) is 0 Å². The van der Waals surface area contributed by atoms with Gasteiger partial charge in [-0.05, 0) is 55.7 Å². The van der Waals surface area contributed by atoms with E-state index in [2.05, 4.69) is 45.6 Å². The number of hydrogen-bond acceptors (Lipinski definition) is 25. The van der Waals surface area contributed by atoms with Crippen molar-refractivity contribution in [2.24, 2.45) is 15.0 Å². The maximum absolute atomic E-state index is 13.8. The summed E-state index contributed by atoms with van der Waals surface area (Å²) in [6.07, 6.45) is 10.7. The van der Waals surface area contributed by atoms with E-state index >= 15 is 0 Å². The maximum atomic E-state index is 13.8. The molecular weight excluding hydrogens is 1550 g/mol. The Hall–Kier alpha value is -8.25. The molecule has 0 radical (unpaired) electrons. The van der Waals surface area contributed by atoms with Gasteiger partial charge in [-0.1, -0.05) is 67.9 Å². The topological polar surface area (TPSA) is 261 Å². The second-order valence-corrected chi connectivity index (χ2v) is 29.6. The number of amidine groups is 3. The standard InChI is InChI=1S/3C23H23ClFN5O3S.CH3FS.2CH4.FH/c3*1-33-23(32)19-17(12-29-7-8-30-14(11-29)3-5-18(30)31)27-21(22-26-6-9-34-22)28-20(19)15-4-2-13(25)10-16(15)24;1-3-2;;;/h3*2,4,6,9-10,14,20H,3,5,7-8,11-12H2,1H3,(H,27,28);1H3;2*1H4;1H/t14?,20-;14-,20+;14-,20-;;;;/m010..../s1. The molecule has 578 valence electrons. The molecule has 0 bridgehead atoms. The van der Waals surface area contributed by atoms with Crippen molar-refractivity contribution in [1.82, 2.24) is 60.3 Å². The van der Waals surface area contributed by atoms with Crippen molar-refractivity contribution in [3.8, 4) is 0 Å². The van der Waals surface area contributed by atoms with Crippen molar-refractivity contribution < 1.29 is 64.7 Å². The highest BCUT2D eigenvalue weighted by atomic mass is 35.5. The molecule has 6 saturated heterocycles. The number of aromatic nitrogens is 3. The van der Waals surface area contributed by atoms with Crippen LogP contribution < -0.4 is 16.0 Å². The molecule has 6 fully saturated rings. The molecule has 0 aliphatic carbocycles. The van der Waals surface area contributed by atoms with Crippen LogP contribution in [0.25, 0.3) is 0 Å². The van der Waals surface area contributed by atoms with Gasteiger partial charge in [0.1, 0.15) is 35.6 Å². The number of thiazole rings is 3. The van der Waals surface area contributed by atoms with E-state index in [-0.39, 0.29) is 82.6 Å². The first-order chi connectivity index (χ1) is 50.7. The lowest BCUT2D eigenvalue weighted by atomic mass is 9.95. The normalized spacial score (nSPS) is 21.9. The van der Waals surface area contributed by atoms with E-state index in [1.54, 1.807) is 36.8 Å². The molecule has 1 unspecified atom stereocenters. The Kier molecular flexibility index (Phi) is 29.4. The Morgan fingerprint density at radius 3 is 0.991 bits per heavy atom. The Labute approximate surface area is 653 Å². The molecule has 3 amide bonds. The number of hydrogen-bond donors (Lipinski definition) is 3. The highest BCUT2D eigenvalue weighted by Gasteiger charge is 2.43. The molecule has 3 aromatic carbocycles. The number of rotatable bonds is 15. The number of ether oxygens (including phenoxy) is 3. The smallest absolute Gasteiger partial charge is 0.338 e. The first kappa shape index (κ1) is 83.8. The molecule has 3 N–H and O–H groups in total. The second-order valence-electron chi connectivity index (χ2n) is 25.4. The zero-order valence-corrected chi connectivity index (χ0v) is 63.1. The third-order valence-corrected chi connectivity index (χ3v) is 22.5. The van der Waals surface area contributed by atoms with Gasteiger partial charge in [-0.2, -0.15) is 3.89 Å². The van der Waals surface area contributed by atoms with Crippen LogP contribution in [0.2, 0.25) is 15.1 Å². The number of methoxy groups -OCH3 is 3. The van der Waals surface area contributed by atoms with E-state index in [0.29, 0.717) is 161 Å². The van der Waals surface area contributed by atoms with Gasteiger partial charge in [-0.3, -0.25) is 48.8 Å². The highest BCUT2D eigenvalue weighted by molar-refractivity contribution is 7.93. The van der Waals surface area contributed by atoms with E-state index in [4.69, 9.17) is 64.0 Å². The Morgan fingerprint density at radius 2 is 0.759 bits per heavy atom. The summed E-state index contributed by atoms with van der Waals surface area (Å²) in [4.78, 5) is 115. The summed E-state index contributed by atoms with van der Waals surface area (Å²) in [6.45, 7) is 7.49. The van der Waals surface area contributed by atoms with E-state index in [0.717, 1.165) is 38.9 Å². The average molecular weight is 1630 g/mol. The number of fused-ring (bicyclic) bond motifs is 3. The number of esters is 3. The SMILES string of the molecule is C.C.COC(=O)C1=C(CN2CCN3C(=O)CCC3C2)NC(c2nccs2)=N[C@H]1c1ccc(F)cc1Cl.COC(=O)C1=C(CN2CCN3C(=O)CC[C@@H]3C2)NC(c2nccs2)=N[C@H]1c1ccc(F)cc1Cl.COC(=O)C1=C(CN2CCN3C(=O)CC[C@H]3C2)NC(c2nccs2)=N[C@H]1c1ccc(F)cc1Cl.CSF.F. The van der Waals surface area contributed by atoms with Crippen molar-refractivity contribution in [3.05, 3.63) is 187 Å². The predicted molar refractivity (Wildman–Crippen MR) is 409 cm³/mol. The van der Waals surface area contributed by atoms with E-state index < -0.39 is 53.5 Å². The number of benzene rings is 3. The van der Waals surface area contributed by atoms with Gasteiger partial charge in [0, 0.05) is 218 Å². The van der Waals surface area contributed by atoms with E-state index in [9.17, 15) is 45.8 Å². The van der Waals surface area contributed by atoms with E-state index in [1.807, 2.05) is 30.8 Å². The summed E-state index contributed by atoms with van der Waals surface area (Å²) in [6, 6.07) is 10.3. The molecule has 3 aromatic heterocycles. The van der Waals surface area contributed by atoms with Crippen LogP contribution >= 0.6 is 81.0 Å². The van der Waals surface area contributed by atoms with Crippen molar-refractivity contribution in [2.45, 2.75) is 89.6 Å². The molecule has 36 heteroatoms. The molecule has 108 heavy (non-hydrogen) atoms. The molecule has 6 aromatic rings. The lowest BCUT2D eigenvalue weighted by Crippen LogP contribution is -2.53. The number of halogens is 8. The number of nitrogens with one attached hydrogen (secondary N) is 3. The highest BCUT2D eigenvalue weighted by Crippen LogP contribution is 2.41. The fourth-order valence-electron chi connectivity index (χ4n) is 14.3. The summed E-state index contributed by atoms with van der Waals surface area (Å²) < 4.78 is 66.9. The number of carbonyl (C=O) groups excluding carboxylic acids is 6. The van der Waals surface area contributed by atoms with Crippen LogP contribution in [-0.2, 0) is 43.0 Å². The van der Waals surface area contributed by atoms with Crippen LogP contribution in [-0.4, -0.2) is 222 Å². The minimum absolute atomic E-state index is 0. The number of nitrogens with zero attached hydrogens (tertiary/aromatic N) is 12. The van der Waals surface area contributed by atoms with Gasteiger partial charge >= 0.3 is 17.9 Å². The van der Waals surface area contributed by atoms with Gasteiger partial charge in [-0.25, -0.2) is 42.5 Å². The largest absolute Gasteiger partial charge is 0.466 e. The lowest BCUT2D eigenvalue weighted by molar-refractivity contribution is -0.137. The van der Waals surface area contributed by atoms with Crippen molar-refractivity contribution in [2.75, 3.05) is 106 Å². The third kappa shape index (κ3) is 18.9. The fourth-order valence-corrected chi connectivity index (χ4v) is 16.9. The minimum Gasteiger partial charge on any atom is -0.466 e. The fraction of sp³-hybridized carbons (Fsp3) is 0.417. The molecule has 9 aliphatic heterocycles.